The molecule has 0 aromatic heterocycles. The summed E-state index contributed by atoms with van der Waals surface area (Å²) in [6.45, 7) is 5.35. The number of hydrogen-bond acceptors (Lipinski definition) is 4. The fourth-order valence-corrected chi connectivity index (χ4v) is 4.71. The number of benzene rings is 2. The van der Waals surface area contributed by atoms with E-state index in [4.69, 9.17) is 0 Å². The van der Waals surface area contributed by atoms with Crippen LogP contribution in [0.1, 0.15) is 26.7 Å². The largest absolute Gasteiger partial charge is 0.351 e. The Labute approximate surface area is 160 Å². The maximum atomic E-state index is 12.9. The van der Waals surface area contributed by atoms with Crippen molar-refractivity contribution in [3.63, 3.8) is 0 Å². The monoisotopic (exact) mass is 389 g/mol. The van der Waals surface area contributed by atoms with Crippen LogP contribution in [0.15, 0.2) is 47.4 Å². The van der Waals surface area contributed by atoms with Gasteiger partial charge in [0, 0.05) is 12.6 Å². The SMILES string of the molecule is CC(C)C(NS(=O)(=O)c1ccc2ccccc2c1)C(=O)N[C@H]1CCCNC1. The smallest absolute Gasteiger partial charge is 0.241 e. The summed E-state index contributed by atoms with van der Waals surface area (Å²) in [7, 11) is -3.81. The van der Waals surface area contributed by atoms with E-state index < -0.39 is 16.1 Å². The van der Waals surface area contributed by atoms with Crippen molar-refractivity contribution in [1.82, 2.24) is 15.4 Å². The Morgan fingerprint density at radius 2 is 1.89 bits per heavy atom. The zero-order valence-electron chi connectivity index (χ0n) is 15.7. The Kier molecular flexibility index (Phi) is 6.14. The Morgan fingerprint density at radius 3 is 2.56 bits per heavy atom. The van der Waals surface area contributed by atoms with Gasteiger partial charge in [-0.3, -0.25) is 4.79 Å². The molecule has 27 heavy (non-hydrogen) atoms. The molecule has 0 radical (unpaired) electrons. The van der Waals surface area contributed by atoms with E-state index in [1.807, 2.05) is 38.1 Å². The van der Waals surface area contributed by atoms with Crippen LogP contribution in [0.25, 0.3) is 10.8 Å². The summed E-state index contributed by atoms with van der Waals surface area (Å²) in [5.74, 6) is -0.445. The molecule has 1 fully saturated rings. The molecule has 1 amide bonds. The van der Waals surface area contributed by atoms with Gasteiger partial charge in [-0.05, 0) is 48.2 Å². The van der Waals surface area contributed by atoms with Crippen molar-refractivity contribution in [1.29, 1.82) is 0 Å². The van der Waals surface area contributed by atoms with Crippen LogP contribution in [0.2, 0.25) is 0 Å². The first kappa shape index (κ1) is 19.8. The van der Waals surface area contributed by atoms with E-state index in [9.17, 15) is 13.2 Å². The van der Waals surface area contributed by atoms with Crippen LogP contribution in [-0.2, 0) is 14.8 Å². The van der Waals surface area contributed by atoms with Crippen molar-refractivity contribution in [3.8, 4) is 0 Å². The molecule has 0 spiro atoms. The van der Waals surface area contributed by atoms with Gasteiger partial charge in [0.2, 0.25) is 15.9 Å². The van der Waals surface area contributed by atoms with Gasteiger partial charge in [0.25, 0.3) is 0 Å². The third kappa shape index (κ3) is 4.86. The summed E-state index contributed by atoms with van der Waals surface area (Å²) >= 11 is 0. The highest BCUT2D eigenvalue weighted by atomic mass is 32.2. The van der Waals surface area contributed by atoms with Crippen molar-refractivity contribution in [2.75, 3.05) is 13.1 Å². The van der Waals surface area contributed by atoms with Crippen LogP contribution in [0.3, 0.4) is 0 Å². The summed E-state index contributed by atoms with van der Waals surface area (Å²) in [5.41, 5.74) is 0. The molecule has 0 aliphatic carbocycles. The molecule has 0 bridgehead atoms. The molecule has 3 N–H and O–H groups in total. The standard InChI is InChI=1S/C20H27N3O3S/c1-14(2)19(20(24)22-17-8-5-11-21-13-17)23-27(25,26)18-10-9-15-6-3-4-7-16(15)12-18/h3-4,6-7,9-10,12,14,17,19,21,23H,5,8,11,13H2,1-2H3,(H,22,24)/t17-,19?/m0/s1. The molecule has 7 heteroatoms. The summed E-state index contributed by atoms with van der Waals surface area (Å²) in [4.78, 5) is 12.9. The zero-order valence-corrected chi connectivity index (χ0v) is 16.6. The highest BCUT2D eigenvalue weighted by molar-refractivity contribution is 7.89. The normalized spacial score (nSPS) is 19.1. The van der Waals surface area contributed by atoms with Crippen molar-refractivity contribution < 1.29 is 13.2 Å². The number of rotatable bonds is 6. The minimum Gasteiger partial charge on any atom is -0.351 e. The minimum atomic E-state index is -3.81. The average Bonchev–Trinajstić information content (AvgIpc) is 2.66. The molecule has 1 heterocycles. The lowest BCUT2D eigenvalue weighted by Gasteiger charge is -2.28. The van der Waals surface area contributed by atoms with E-state index in [1.54, 1.807) is 18.2 Å². The highest BCUT2D eigenvalue weighted by Gasteiger charge is 2.30. The second-order valence-corrected chi connectivity index (χ2v) is 9.12. The fourth-order valence-electron chi connectivity index (χ4n) is 3.33. The van der Waals surface area contributed by atoms with E-state index in [1.165, 1.54) is 0 Å². The van der Waals surface area contributed by atoms with E-state index >= 15 is 0 Å². The third-order valence-corrected chi connectivity index (χ3v) is 6.34. The number of amides is 1. The van der Waals surface area contributed by atoms with Crippen LogP contribution >= 0.6 is 0 Å². The van der Waals surface area contributed by atoms with Crippen LogP contribution in [0.5, 0.6) is 0 Å². The minimum absolute atomic E-state index is 0.0395. The number of sulfonamides is 1. The van der Waals surface area contributed by atoms with Gasteiger partial charge >= 0.3 is 0 Å². The predicted molar refractivity (Wildman–Crippen MR) is 107 cm³/mol. The molecular formula is C20H27N3O3S. The fraction of sp³-hybridized carbons (Fsp3) is 0.450. The van der Waals surface area contributed by atoms with Gasteiger partial charge in [0.15, 0.2) is 0 Å². The molecule has 2 aromatic rings. The Hall–Kier alpha value is -1.96. The maximum absolute atomic E-state index is 12.9. The molecule has 0 saturated carbocycles. The van der Waals surface area contributed by atoms with Crippen LogP contribution in [0, 0.1) is 5.92 Å². The number of piperidine rings is 1. The average molecular weight is 390 g/mol. The van der Waals surface area contributed by atoms with E-state index in [0.717, 1.165) is 30.2 Å². The predicted octanol–water partition coefficient (Wildman–Crippen LogP) is 2.01. The summed E-state index contributed by atoms with van der Waals surface area (Å²) in [5, 5.41) is 8.04. The van der Waals surface area contributed by atoms with Crippen LogP contribution in [-0.4, -0.2) is 39.5 Å². The first-order valence-electron chi connectivity index (χ1n) is 9.39. The topological polar surface area (TPSA) is 87.3 Å². The molecule has 2 aromatic carbocycles. The van der Waals surface area contributed by atoms with E-state index in [-0.39, 0.29) is 22.8 Å². The molecule has 2 atom stereocenters. The summed E-state index contributed by atoms with van der Waals surface area (Å²) in [6.07, 6.45) is 1.90. The van der Waals surface area contributed by atoms with Gasteiger partial charge in [-0.2, -0.15) is 4.72 Å². The van der Waals surface area contributed by atoms with Crippen LogP contribution < -0.4 is 15.4 Å². The van der Waals surface area contributed by atoms with Gasteiger partial charge in [-0.1, -0.05) is 44.2 Å². The van der Waals surface area contributed by atoms with Crippen LogP contribution in [0.4, 0.5) is 0 Å². The second-order valence-electron chi connectivity index (χ2n) is 7.40. The maximum Gasteiger partial charge on any atom is 0.241 e. The summed E-state index contributed by atoms with van der Waals surface area (Å²) in [6, 6.07) is 11.8. The number of hydrogen-bond donors (Lipinski definition) is 3. The second kappa shape index (κ2) is 8.37. The first-order chi connectivity index (χ1) is 12.9. The van der Waals surface area contributed by atoms with Crippen molar-refractivity contribution in [2.24, 2.45) is 5.92 Å². The van der Waals surface area contributed by atoms with E-state index in [2.05, 4.69) is 15.4 Å². The van der Waals surface area contributed by atoms with Gasteiger partial charge in [0.1, 0.15) is 6.04 Å². The van der Waals surface area contributed by atoms with Gasteiger partial charge in [-0.15, -0.1) is 0 Å². The number of carbonyl (C=O) groups excluding carboxylic acids is 1. The molecule has 6 nitrogen and oxygen atoms in total. The highest BCUT2D eigenvalue weighted by Crippen LogP contribution is 2.20. The molecule has 1 unspecified atom stereocenters. The molecule has 1 aliphatic heterocycles. The Balaban J connectivity index is 1.78. The Bertz CT molecular complexity index is 906. The number of carbonyl (C=O) groups is 1. The quantitative estimate of drug-likeness (QED) is 0.705. The lowest BCUT2D eigenvalue weighted by Crippen LogP contribution is -2.54. The van der Waals surface area contributed by atoms with Crippen molar-refractivity contribution in [2.45, 2.75) is 43.7 Å². The molecular weight excluding hydrogens is 362 g/mol. The van der Waals surface area contributed by atoms with Gasteiger partial charge in [0.05, 0.1) is 4.90 Å². The lowest BCUT2D eigenvalue weighted by molar-refractivity contribution is -0.124. The first-order valence-corrected chi connectivity index (χ1v) is 10.9. The molecule has 1 aliphatic rings. The van der Waals surface area contributed by atoms with Gasteiger partial charge in [-0.25, -0.2) is 8.42 Å². The van der Waals surface area contributed by atoms with E-state index in [0.29, 0.717) is 6.54 Å². The molecule has 3 rings (SSSR count). The lowest BCUT2D eigenvalue weighted by atomic mass is 10.0. The number of fused-ring (bicyclic) bond motifs is 1. The Morgan fingerprint density at radius 1 is 1.15 bits per heavy atom. The van der Waals surface area contributed by atoms with Crippen molar-refractivity contribution >= 4 is 26.7 Å². The third-order valence-electron chi connectivity index (χ3n) is 4.91. The molecule has 146 valence electrons. The molecule has 1 saturated heterocycles. The van der Waals surface area contributed by atoms with Gasteiger partial charge < -0.3 is 10.6 Å². The number of nitrogens with one attached hydrogen (secondary N) is 3. The van der Waals surface area contributed by atoms with Crippen molar-refractivity contribution in [3.05, 3.63) is 42.5 Å². The summed E-state index contributed by atoms with van der Waals surface area (Å²) < 4.78 is 28.4. The zero-order chi connectivity index (χ0) is 19.4.